The zero-order chi connectivity index (χ0) is 15.5. The number of carboxylic acids is 1. The third-order valence-corrected chi connectivity index (χ3v) is 2.89. The average molecular weight is 314 g/mol. The highest BCUT2D eigenvalue weighted by atomic mass is 35.5. The molecule has 0 fully saturated rings. The van der Waals surface area contributed by atoms with Crippen molar-refractivity contribution in [1.82, 2.24) is 5.32 Å². The van der Waals surface area contributed by atoms with Crippen molar-refractivity contribution in [1.29, 1.82) is 0 Å². The van der Waals surface area contributed by atoms with Gasteiger partial charge in [0.25, 0.3) is 0 Å². The van der Waals surface area contributed by atoms with E-state index in [0.717, 1.165) is 0 Å². The Morgan fingerprint density at radius 2 is 1.90 bits per heavy atom. The molecule has 0 spiro atoms. The Morgan fingerprint density at radius 1 is 1.30 bits per heavy atom. The maximum Gasteiger partial charge on any atom is 0.231 e. The summed E-state index contributed by atoms with van der Waals surface area (Å²) in [6.45, 7) is 5.25. The number of nitrogens with one attached hydrogen (secondary N) is 2. The normalized spacial score (nSPS) is 10.8. The topological polar surface area (TPSA) is 81.3 Å². The number of anilines is 1. The van der Waals surface area contributed by atoms with E-state index in [1.54, 1.807) is 26.8 Å². The number of benzene rings is 1. The maximum atomic E-state index is 11.7. The Bertz CT molecular complexity index is 567. The Hall–Kier alpha value is -1.66. The van der Waals surface area contributed by atoms with Crippen molar-refractivity contribution in [2.45, 2.75) is 20.8 Å². The Morgan fingerprint density at radius 3 is 2.40 bits per heavy atom. The number of thiocarbonyl (C=S) groups is 1. The van der Waals surface area contributed by atoms with Crippen LogP contribution in [-0.2, 0) is 4.79 Å². The molecule has 0 unspecified atom stereocenters. The molecule has 1 rings (SSSR count). The van der Waals surface area contributed by atoms with Gasteiger partial charge in [0.05, 0.1) is 5.97 Å². The van der Waals surface area contributed by atoms with E-state index in [0.29, 0.717) is 5.69 Å². The lowest BCUT2D eigenvalue weighted by molar-refractivity contribution is -0.255. The van der Waals surface area contributed by atoms with E-state index in [9.17, 15) is 14.7 Å². The predicted octanol–water partition coefficient (Wildman–Crippen LogP) is 1.56. The molecule has 1 aromatic carbocycles. The summed E-state index contributed by atoms with van der Waals surface area (Å²) in [6.07, 6.45) is 0. The molecule has 5 nitrogen and oxygen atoms in total. The molecule has 1 aromatic rings. The Labute approximate surface area is 127 Å². The monoisotopic (exact) mass is 313 g/mol. The SMILES string of the molecule is CC(C)(C)C(=O)NC(=S)Nc1ccc(Cl)c(C(=O)[O-])c1. The first kappa shape index (κ1) is 16.4. The minimum absolute atomic E-state index is 0.0696. The predicted molar refractivity (Wildman–Crippen MR) is 79.6 cm³/mol. The first-order chi connectivity index (χ1) is 9.11. The number of carbonyl (C=O) groups is 2. The van der Waals surface area contributed by atoms with E-state index in [1.165, 1.54) is 12.1 Å². The zero-order valence-electron chi connectivity index (χ0n) is 11.2. The molecule has 0 saturated heterocycles. The largest absolute Gasteiger partial charge is 0.545 e. The molecule has 0 radical (unpaired) electrons. The summed E-state index contributed by atoms with van der Waals surface area (Å²) in [7, 11) is 0. The number of amides is 1. The number of hydrogen-bond acceptors (Lipinski definition) is 4. The Balaban J connectivity index is 2.79. The quantitative estimate of drug-likeness (QED) is 0.810. The molecule has 1 amide bonds. The molecule has 0 saturated carbocycles. The molecule has 20 heavy (non-hydrogen) atoms. The van der Waals surface area contributed by atoms with Crippen molar-refractivity contribution in [3.05, 3.63) is 28.8 Å². The standard InChI is InChI=1S/C13H15ClN2O3S/c1-13(2,3)11(19)16-12(20)15-7-4-5-9(14)8(6-7)10(17)18/h4-6H,1-3H3,(H,17,18)(H2,15,16,19,20)/p-1. The van der Waals surface area contributed by atoms with Crippen molar-refractivity contribution >= 4 is 46.5 Å². The molecular formula is C13H14ClN2O3S-. The summed E-state index contributed by atoms with van der Waals surface area (Å²) in [5.74, 6) is -1.63. The van der Waals surface area contributed by atoms with Gasteiger partial charge in [0.2, 0.25) is 5.91 Å². The summed E-state index contributed by atoms with van der Waals surface area (Å²) in [4.78, 5) is 22.6. The number of halogens is 1. The van der Waals surface area contributed by atoms with Crippen molar-refractivity contribution in [3.63, 3.8) is 0 Å². The second kappa shape index (κ2) is 6.19. The average Bonchev–Trinajstić information content (AvgIpc) is 2.29. The van der Waals surface area contributed by atoms with Gasteiger partial charge >= 0.3 is 0 Å². The van der Waals surface area contributed by atoms with Crippen LogP contribution in [0.1, 0.15) is 31.1 Å². The molecular weight excluding hydrogens is 300 g/mol. The van der Waals surface area contributed by atoms with E-state index in [2.05, 4.69) is 10.6 Å². The van der Waals surface area contributed by atoms with E-state index in [4.69, 9.17) is 23.8 Å². The third kappa shape index (κ3) is 4.47. The van der Waals surface area contributed by atoms with Crippen molar-refractivity contribution in [2.24, 2.45) is 5.41 Å². The van der Waals surface area contributed by atoms with Crippen LogP contribution in [0.4, 0.5) is 5.69 Å². The second-order valence-corrected chi connectivity index (χ2v) is 5.96. The van der Waals surface area contributed by atoms with Crippen LogP contribution in [0.2, 0.25) is 5.02 Å². The number of rotatable bonds is 2. The van der Waals surface area contributed by atoms with E-state index >= 15 is 0 Å². The number of aromatic carboxylic acids is 1. The molecule has 0 atom stereocenters. The molecule has 0 aliphatic carbocycles. The lowest BCUT2D eigenvalue weighted by Crippen LogP contribution is -2.41. The van der Waals surface area contributed by atoms with Crippen LogP contribution in [0.15, 0.2) is 18.2 Å². The first-order valence-corrected chi connectivity index (χ1v) is 6.53. The highest BCUT2D eigenvalue weighted by molar-refractivity contribution is 7.80. The van der Waals surface area contributed by atoms with Gasteiger partial charge in [0.1, 0.15) is 0 Å². The van der Waals surface area contributed by atoms with Crippen molar-refractivity contribution in [3.8, 4) is 0 Å². The van der Waals surface area contributed by atoms with Gasteiger partial charge in [-0.2, -0.15) is 0 Å². The van der Waals surface area contributed by atoms with Crippen LogP contribution in [0.25, 0.3) is 0 Å². The van der Waals surface area contributed by atoms with Gasteiger partial charge < -0.3 is 20.5 Å². The number of hydrogen-bond donors (Lipinski definition) is 2. The maximum absolute atomic E-state index is 11.7. The molecule has 0 bridgehead atoms. The zero-order valence-corrected chi connectivity index (χ0v) is 12.8. The summed E-state index contributed by atoms with van der Waals surface area (Å²) >= 11 is 10.7. The minimum Gasteiger partial charge on any atom is -0.545 e. The first-order valence-electron chi connectivity index (χ1n) is 5.74. The van der Waals surface area contributed by atoms with Crippen LogP contribution < -0.4 is 15.7 Å². The highest BCUT2D eigenvalue weighted by Crippen LogP contribution is 2.20. The van der Waals surface area contributed by atoms with Gasteiger partial charge in [-0.3, -0.25) is 4.79 Å². The van der Waals surface area contributed by atoms with Gasteiger partial charge in [-0.25, -0.2) is 0 Å². The van der Waals surface area contributed by atoms with Gasteiger partial charge in [0, 0.05) is 21.7 Å². The number of carbonyl (C=O) groups excluding carboxylic acids is 2. The Kier molecular flexibility index (Phi) is 5.08. The summed E-state index contributed by atoms with van der Waals surface area (Å²) in [6, 6.07) is 4.24. The van der Waals surface area contributed by atoms with E-state index < -0.39 is 11.4 Å². The lowest BCUT2D eigenvalue weighted by atomic mass is 9.96. The second-order valence-electron chi connectivity index (χ2n) is 5.14. The molecule has 0 aromatic heterocycles. The van der Waals surface area contributed by atoms with Crippen molar-refractivity contribution in [2.75, 3.05) is 5.32 Å². The summed E-state index contributed by atoms with van der Waals surface area (Å²) in [5, 5.41) is 16.2. The van der Waals surface area contributed by atoms with Crippen molar-refractivity contribution < 1.29 is 14.7 Å². The van der Waals surface area contributed by atoms with Gasteiger partial charge in [-0.15, -0.1) is 0 Å². The lowest BCUT2D eigenvalue weighted by Gasteiger charge is -2.19. The summed E-state index contributed by atoms with van der Waals surface area (Å²) < 4.78 is 0. The minimum atomic E-state index is -1.39. The molecule has 0 aliphatic rings. The molecule has 2 N–H and O–H groups in total. The van der Waals surface area contributed by atoms with Crippen LogP contribution in [0.3, 0.4) is 0 Å². The molecule has 108 valence electrons. The fourth-order valence-electron chi connectivity index (χ4n) is 1.21. The van der Waals surface area contributed by atoms with Crippen LogP contribution >= 0.6 is 23.8 Å². The van der Waals surface area contributed by atoms with Crippen LogP contribution in [-0.4, -0.2) is 17.0 Å². The van der Waals surface area contributed by atoms with E-state index in [-0.39, 0.29) is 21.6 Å². The van der Waals surface area contributed by atoms with Crippen LogP contribution in [0.5, 0.6) is 0 Å². The highest BCUT2D eigenvalue weighted by Gasteiger charge is 2.21. The van der Waals surface area contributed by atoms with Gasteiger partial charge in [-0.1, -0.05) is 32.4 Å². The fraction of sp³-hybridized carbons (Fsp3) is 0.308. The third-order valence-electron chi connectivity index (χ3n) is 2.35. The molecule has 0 heterocycles. The van der Waals surface area contributed by atoms with Crippen LogP contribution in [0, 0.1) is 5.41 Å². The molecule has 7 heteroatoms. The smallest absolute Gasteiger partial charge is 0.231 e. The summed E-state index contributed by atoms with van der Waals surface area (Å²) in [5.41, 5.74) is -0.337. The van der Waals surface area contributed by atoms with Gasteiger partial charge in [-0.05, 0) is 30.4 Å². The molecule has 0 aliphatic heterocycles. The van der Waals surface area contributed by atoms with Gasteiger partial charge in [0.15, 0.2) is 5.11 Å². The fourth-order valence-corrected chi connectivity index (χ4v) is 1.62. The van der Waals surface area contributed by atoms with E-state index in [1.807, 2.05) is 0 Å². The number of carboxylic acid groups (broad SMARTS) is 1.